The van der Waals surface area contributed by atoms with Gasteiger partial charge in [0, 0.05) is 15.1 Å². The summed E-state index contributed by atoms with van der Waals surface area (Å²) in [5.74, 6) is 0.925. The van der Waals surface area contributed by atoms with Crippen LogP contribution in [0.5, 0.6) is 5.75 Å². The predicted molar refractivity (Wildman–Crippen MR) is 87.3 cm³/mol. The van der Waals surface area contributed by atoms with Gasteiger partial charge in [-0.3, -0.25) is 0 Å². The summed E-state index contributed by atoms with van der Waals surface area (Å²) >= 11 is 2.27. The largest absolute Gasteiger partial charge is 0.493 e. The van der Waals surface area contributed by atoms with E-state index in [1.807, 2.05) is 13.0 Å². The van der Waals surface area contributed by atoms with E-state index in [0.29, 0.717) is 6.61 Å². The Hall–Kier alpha value is -1.24. The molecule has 3 rings (SSSR count). The van der Waals surface area contributed by atoms with E-state index in [2.05, 4.69) is 28.7 Å². The van der Waals surface area contributed by atoms with Crippen LogP contribution in [-0.4, -0.2) is 6.61 Å². The zero-order valence-electron chi connectivity index (χ0n) is 11.9. The molecule has 0 saturated carbocycles. The van der Waals surface area contributed by atoms with Crippen molar-refractivity contribution in [1.29, 1.82) is 0 Å². The lowest BCUT2D eigenvalue weighted by Gasteiger charge is -2.27. The fraction of sp³-hybridized carbons (Fsp3) is 0.294. The molecule has 1 heterocycles. The number of aryl methyl sites for hydroxylation is 1. The van der Waals surface area contributed by atoms with Gasteiger partial charge in [0.1, 0.15) is 5.75 Å². The van der Waals surface area contributed by atoms with Crippen LogP contribution in [0.2, 0.25) is 0 Å². The van der Waals surface area contributed by atoms with Crippen LogP contribution in [0.1, 0.15) is 34.6 Å². The van der Waals surface area contributed by atoms with Crippen molar-refractivity contribution in [2.75, 3.05) is 6.61 Å². The summed E-state index contributed by atoms with van der Waals surface area (Å²) in [6.45, 7) is 2.60. The Morgan fingerprint density at radius 2 is 1.82 bits per heavy atom. The first-order valence-corrected chi connectivity index (χ1v) is 8.04. The molecule has 1 aliphatic rings. The van der Waals surface area contributed by atoms with Crippen LogP contribution in [-0.2, 0) is 6.18 Å². The van der Waals surface area contributed by atoms with Crippen molar-refractivity contribution in [2.45, 2.75) is 25.4 Å². The summed E-state index contributed by atoms with van der Waals surface area (Å²) in [4.78, 5) is 0. The van der Waals surface area contributed by atoms with Crippen molar-refractivity contribution in [3.05, 3.63) is 62.2 Å². The lowest BCUT2D eigenvalue weighted by molar-refractivity contribution is -0.137. The van der Waals surface area contributed by atoms with Gasteiger partial charge in [-0.15, -0.1) is 0 Å². The molecule has 1 unspecified atom stereocenters. The maximum atomic E-state index is 12.7. The fourth-order valence-corrected chi connectivity index (χ4v) is 3.25. The van der Waals surface area contributed by atoms with Crippen molar-refractivity contribution < 1.29 is 17.9 Å². The van der Waals surface area contributed by atoms with Crippen LogP contribution in [0.4, 0.5) is 13.2 Å². The summed E-state index contributed by atoms with van der Waals surface area (Å²) in [5.41, 5.74) is 2.49. The van der Waals surface area contributed by atoms with Gasteiger partial charge in [0.15, 0.2) is 0 Å². The van der Waals surface area contributed by atoms with Crippen molar-refractivity contribution in [3.63, 3.8) is 0 Å². The number of halogens is 4. The van der Waals surface area contributed by atoms with Crippen LogP contribution >= 0.6 is 22.6 Å². The number of fused-ring (bicyclic) bond motifs is 1. The highest BCUT2D eigenvalue weighted by Gasteiger charge is 2.31. The predicted octanol–water partition coefficient (Wildman–Crippen LogP) is 5.53. The first-order chi connectivity index (χ1) is 10.4. The zero-order valence-corrected chi connectivity index (χ0v) is 14.0. The molecule has 0 amide bonds. The normalized spacial score (nSPS) is 17.8. The Morgan fingerprint density at radius 3 is 2.45 bits per heavy atom. The highest BCUT2D eigenvalue weighted by molar-refractivity contribution is 14.1. The van der Waals surface area contributed by atoms with Gasteiger partial charge in [-0.25, -0.2) is 0 Å². The quantitative estimate of drug-likeness (QED) is 0.554. The van der Waals surface area contributed by atoms with E-state index in [1.54, 1.807) is 12.1 Å². The number of benzene rings is 2. The lowest BCUT2D eigenvalue weighted by atomic mass is 9.86. The van der Waals surface area contributed by atoms with Crippen LogP contribution < -0.4 is 4.74 Å². The summed E-state index contributed by atoms with van der Waals surface area (Å²) in [6, 6.07) is 9.55. The van der Waals surface area contributed by atoms with Gasteiger partial charge in [0.2, 0.25) is 0 Å². The van der Waals surface area contributed by atoms with Crippen molar-refractivity contribution >= 4 is 22.6 Å². The Bertz CT molecular complexity index is 692. The molecule has 22 heavy (non-hydrogen) atoms. The summed E-state index contributed by atoms with van der Waals surface area (Å²) in [7, 11) is 0. The minimum atomic E-state index is -4.29. The molecule has 5 heteroatoms. The number of alkyl halides is 3. The van der Waals surface area contributed by atoms with Crippen molar-refractivity contribution in [1.82, 2.24) is 0 Å². The SMILES string of the molecule is Cc1cc2c(cc1I)C(c1ccc(C(F)(F)F)cc1)CCO2. The second-order valence-electron chi connectivity index (χ2n) is 5.45. The third-order valence-electron chi connectivity index (χ3n) is 3.97. The molecule has 116 valence electrons. The molecule has 0 radical (unpaired) electrons. The third-order valence-corrected chi connectivity index (χ3v) is 5.13. The molecule has 0 aliphatic carbocycles. The molecule has 1 aliphatic heterocycles. The van der Waals surface area contributed by atoms with E-state index in [1.165, 1.54) is 0 Å². The zero-order chi connectivity index (χ0) is 15.9. The van der Waals surface area contributed by atoms with Gasteiger partial charge in [0.05, 0.1) is 12.2 Å². The topological polar surface area (TPSA) is 9.23 Å². The van der Waals surface area contributed by atoms with E-state index < -0.39 is 11.7 Å². The van der Waals surface area contributed by atoms with E-state index in [-0.39, 0.29) is 5.92 Å². The highest BCUT2D eigenvalue weighted by Crippen LogP contribution is 2.40. The molecular weight excluding hydrogens is 404 g/mol. The van der Waals surface area contributed by atoms with E-state index in [9.17, 15) is 13.2 Å². The van der Waals surface area contributed by atoms with Gasteiger partial charge in [-0.1, -0.05) is 12.1 Å². The first kappa shape index (κ1) is 15.6. The lowest BCUT2D eigenvalue weighted by Crippen LogP contribution is -2.16. The second-order valence-corrected chi connectivity index (χ2v) is 6.61. The molecule has 0 fully saturated rings. The number of hydrogen-bond donors (Lipinski definition) is 0. The van der Waals surface area contributed by atoms with Crippen LogP contribution in [0.15, 0.2) is 36.4 Å². The minimum Gasteiger partial charge on any atom is -0.493 e. The Labute approximate surface area is 140 Å². The number of hydrogen-bond acceptors (Lipinski definition) is 1. The highest BCUT2D eigenvalue weighted by atomic mass is 127. The van der Waals surface area contributed by atoms with Crippen LogP contribution in [0.25, 0.3) is 0 Å². The van der Waals surface area contributed by atoms with Gasteiger partial charge in [-0.2, -0.15) is 13.2 Å². The van der Waals surface area contributed by atoms with Gasteiger partial charge < -0.3 is 4.74 Å². The Morgan fingerprint density at radius 1 is 1.14 bits per heavy atom. The number of rotatable bonds is 1. The monoisotopic (exact) mass is 418 g/mol. The molecule has 0 saturated heterocycles. The molecule has 1 atom stereocenters. The molecule has 2 aromatic rings. The van der Waals surface area contributed by atoms with Gasteiger partial charge >= 0.3 is 6.18 Å². The molecular formula is C17H14F3IO. The first-order valence-electron chi connectivity index (χ1n) is 6.96. The summed E-state index contributed by atoms with van der Waals surface area (Å²) < 4.78 is 44.9. The molecule has 0 bridgehead atoms. The Kier molecular flexibility index (Phi) is 4.09. The molecule has 0 N–H and O–H groups in total. The minimum absolute atomic E-state index is 0.0835. The van der Waals surface area contributed by atoms with E-state index >= 15 is 0 Å². The van der Waals surface area contributed by atoms with Gasteiger partial charge in [-0.05, 0) is 71.3 Å². The van der Waals surface area contributed by atoms with Crippen molar-refractivity contribution in [3.8, 4) is 5.75 Å². The van der Waals surface area contributed by atoms with Crippen LogP contribution in [0, 0.1) is 10.5 Å². The molecule has 1 nitrogen and oxygen atoms in total. The molecule has 0 spiro atoms. The maximum absolute atomic E-state index is 12.7. The summed E-state index contributed by atoms with van der Waals surface area (Å²) in [5, 5.41) is 0. The van der Waals surface area contributed by atoms with E-state index in [0.717, 1.165) is 44.6 Å². The fourth-order valence-electron chi connectivity index (χ4n) is 2.76. The smallest absolute Gasteiger partial charge is 0.416 e. The third kappa shape index (κ3) is 2.95. The second kappa shape index (κ2) is 5.76. The van der Waals surface area contributed by atoms with E-state index in [4.69, 9.17) is 4.74 Å². The van der Waals surface area contributed by atoms with Gasteiger partial charge in [0.25, 0.3) is 0 Å². The molecule has 2 aromatic carbocycles. The average molecular weight is 418 g/mol. The average Bonchev–Trinajstić information content (AvgIpc) is 2.47. The Balaban J connectivity index is 1.99. The maximum Gasteiger partial charge on any atom is 0.416 e. The van der Waals surface area contributed by atoms with Crippen LogP contribution in [0.3, 0.4) is 0 Å². The standard InChI is InChI=1S/C17H14F3IO/c1-10-8-16-14(9-15(10)21)13(6-7-22-16)11-2-4-12(5-3-11)17(18,19)20/h2-5,8-9,13H,6-7H2,1H3. The summed E-state index contributed by atoms with van der Waals surface area (Å²) in [6.07, 6.45) is -3.52. The number of ether oxygens (including phenoxy) is 1. The van der Waals surface area contributed by atoms with Crippen molar-refractivity contribution in [2.24, 2.45) is 0 Å². The molecule has 0 aromatic heterocycles.